The highest BCUT2D eigenvalue weighted by atomic mass is 79.9. The standard InChI is InChI=1S/C17H22BrNO2/c1-11-13(6-4-7-14(11)18)10-19-15-8-3-2-5-12(15)9-16(19)17(20)21/h4,6-7,12,15-16H,2-3,5,8-10H2,1H3,(H,20,21). The summed E-state index contributed by atoms with van der Waals surface area (Å²) in [7, 11) is 0. The lowest BCUT2D eigenvalue weighted by Crippen LogP contribution is -2.41. The van der Waals surface area contributed by atoms with Gasteiger partial charge in [0.05, 0.1) is 0 Å². The second-order valence-corrected chi connectivity index (χ2v) is 7.25. The van der Waals surface area contributed by atoms with Gasteiger partial charge in [-0.3, -0.25) is 9.69 Å². The highest BCUT2D eigenvalue weighted by Crippen LogP contribution is 2.41. The Balaban J connectivity index is 1.86. The van der Waals surface area contributed by atoms with Crippen LogP contribution < -0.4 is 0 Å². The maximum Gasteiger partial charge on any atom is 0.320 e. The van der Waals surface area contributed by atoms with E-state index in [2.05, 4.69) is 33.8 Å². The van der Waals surface area contributed by atoms with Gasteiger partial charge in [-0.05, 0) is 49.3 Å². The van der Waals surface area contributed by atoms with E-state index < -0.39 is 5.97 Å². The molecule has 0 spiro atoms. The zero-order chi connectivity index (χ0) is 15.0. The van der Waals surface area contributed by atoms with Gasteiger partial charge in [0.15, 0.2) is 0 Å². The maximum absolute atomic E-state index is 11.6. The van der Waals surface area contributed by atoms with Gasteiger partial charge in [-0.1, -0.05) is 40.9 Å². The van der Waals surface area contributed by atoms with Crippen LogP contribution in [0.4, 0.5) is 0 Å². The number of carboxylic acid groups (broad SMARTS) is 1. The van der Waals surface area contributed by atoms with Crippen molar-refractivity contribution in [1.82, 2.24) is 4.90 Å². The summed E-state index contributed by atoms with van der Waals surface area (Å²) in [4.78, 5) is 13.9. The molecule has 0 aromatic heterocycles. The predicted molar refractivity (Wildman–Crippen MR) is 86.2 cm³/mol. The normalized spacial score (nSPS) is 29.3. The average molecular weight is 352 g/mol. The average Bonchev–Trinajstić information content (AvgIpc) is 2.83. The summed E-state index contributed by atoms with van der Waals surface area (Å²) in [6.45, 7) is 2.85. The van der Waals surface area contributed by atoms with E-state index >= 15 is 0 Å². The molecule has 1 N–H and O–H groups in total. The quantitative estimate of drug-likeness (QED) is 0.895. The molecule has 2 fully saturated rings. The Morgan fingerprint density at radius 3 is 2.90 bits per heavy atom. The summed E-state index contributed by atoms with van der Waals surface area (Å²) < 4.78 is 1.10. The molecular weight excluding hydrogens is 330 g/mol. The summed E-state index contributed by atoms with van der Waals surface area (Å²) in [6.07, 6.45) is 5.68. The maximum atomic E-state index is 11.6. The number of rotatable bonds is 3. The molecule has 1 saturated heterocycles. The van der Waals surface area contributed by atoms with Crippen LogP contribution in [0.2, 0.25) is 0 Å². The Bertz CT molecular complexity index is 546. The number of halogens is 1. The highest BCUT2D eigenvalue weighted by molar-refractivity contribution is 9.10. The summed E-state index contributed by atoms with van der Waals surface area (Å²) in [5, 5.41) is 9.58. The van der Waals surface area contributed by atoms with Crippen LogP contribution in [0.15, 0.2) is 22.7 Å². The molecule has 1 aliphatic carbocycles. The molecule has 3 nitrogen and oxygen atoms in total. The molecule has 114 valence electrons. The van der Waals surface area contributed by atoms with Crippen molar-refractivity contribution in [3.05, 3.63) is 33.8 Å². The lowest BCUT2D eigenvalue weighted by molar-refractivity contribution is -0.142. The Morgan fingerprint density at radius 2 is 2.14 bits per heavy atom. The predicted octanol–water partition coefficient (Wildman–Crippen LogP) is 3.98. The second-order valence-electron chi connectivity index (χ2n) is 6.40. The minimum absolute atomic E-state index is 0.309. The third kappa shape index (κ3) is 2.88. The van der Waals surface area contributed by atoms with Crippen molar-refractivity contribution >= 4 is 21.9 Å². The molecule has 0 amide bonds. The molecular formula is C17H22BrNO2. The molecule has 4 heteroatoms. The van der Waals surface area contributed by atoms with E-state index in [1.807, 2.05) is 12.1 Å². The first-order chi connectivity index (χ1) is 10.1. The molecule has 0 radical (unpaired) electrons. The number of carbonyl (C=O) groups is 1. The summed E-state index contributed by atoms with van der Waals surface area (Å²) in [5.74, 6) is -0.0793. The number of fused-ring (bicyclic) bond motifs is 1. The first-order valence-corrected chi connectivity index (χ1v) is 8.59. The molecule has 3 rings (SSSR count). The van der Waals surface area contributed by atoms with Crippen molar-refractivity contribution in [2.75, 3.05) is 0 Å². The van der Waals surface area contributed by atoms with Crippen LogP contribution in [0.25, 0.3) is 0 Å². The summed E-state index contributed by atoms with van der Waals surface area (Å²) >= 11 is 3.57. The highest BCUT2D eigenvalue weighted by Gasteiger charge is 2.45. The molecule has 3 atom stereocenters. The number of benzene rings is 1. The topological polar surface area (TPSA) is 40.5 Å². The van der Waals surface area contributed by atoms with Gasteiger partial charge in [0.2, 0.25) is 0 Å². The summed E-state index contributed by atoms with van der Waals surface area (Å²) in [5.41, 5.74) is 2.46. The lowest BCUT2D eigenvalue weighted by Gasteiger charge is -2.33. The van der Waals surface area contributed by atoms with Crippen LogP contribution >= 0.6 is 15.9 Å². The van der Waals surface area contributed by atoms with Gasteiger partial charge in [0.25, 0.3) is 0 Å². The SMILES string of the molecule is Cc1c(Br)cccc1CN1C(C(=O)O)CC2CCCCC21. The largest absolute Gasteiger partial charge is 0.480 e. The molecule has 3 unspecified atom stereocenters. The van der Waals surface area contributed by atoms with Gasteiger partial charge >= 0.3 is 5.97 Å². The molecule has 1 aliphatic heterocycles. The first kappa shape index (κ1) is 15.0. The first-order valence-electron chi connectivity index (χ1n) is 7.80. The van der Waals surface area contributed by atoms with Gasteiger partial charge in [-0.25, -0.2) is 0 Å². The van der Waals surface area contributed by atoms with Gasteiger partial charge in [-0.15, -0.1) is 0 Å². The second kappa shape index (κ2) is 6.09. The fourth-order valence-corrected chi connectivity index (χ4v) is 4.45. The van der Waals surface area contributed by atoms with Crippen LogP contribution in [-0.2, 0) is 11.3 Å². The van der Waals surface area contributed by atoms with Crippen LogP contribution in [0.3, 0.4) is 0 Å². The van der Waals surface area contributed by atoms with E-state index in [0.717, 1.165) is 23.9 Å². The number of aliphatic carboxylic acids is 1. The Labute approximate surface area is 134 Å². The fraction of sp³-hybridized carbons (Fsp3) is 0.588. The number of hydrogen-bond acceptors (Lipinski definition) is 2. The zero-order valence-corrected chi connectivity index (χ0v) is 14.0. The van der Waals surface area contributed by atoms with Gasteiger partial charge in [0, 0.05) is 17.1 Å². The molecule has 1 aromatic rings. The number of hydrogen-bond donors (Lipinski definition) is 1. The van der Waals surface area contributed by atoms with Gasteiger partial charge < -0.3 is 5.11 Å². The Hall–Kier alpha value is -0.870. The Morgan fingerprint density at radius 1 is 1.38 bits per heavy atom. The van der Waals surface area contributed by atoms with Crippen LogP contribution in [0.1, 0.15) is 43.2 Å². The van der Waals surface area contributed by atoms with E-state index in [-0.39, 0.29) is 6.04 Å². The minimum Gasteiger partial charge on any atom is -0.480 e. The number of nitrogens with zero attached hydrogens (tertiary/aromatic N) is 1. The molecule has 0 bridgehead atoms. The molecule has 2 aliphatic rings. The zero-order valence-electron chi connectivity index (χ0n) is 12.4. The number of carboxylic acids is 1. The number of likely N-dealkylation sites (tertiary alicyclic amines) is 1. The van der Waals surface area contributed by atoms with E-state index in [4.69, 9.17) is 0 Å². The van der Waals surface area contributed by atoms with Crippen molar-refractivity contribution in [2.24, 2.45) is 5.92 Å². The van der Waals surface area contributed by atoms with Crippen LogP contribution in [-0.4, -0.2) is 28.1 Å². The van der Waals surface area contributed by atoms with E-state index in [1.165, 1.54) is 30.4 Å². The molecule has 1 heterocycles. The van der Waals surface area contributed by atoms with Crippen molar-refractivity contribution in [3.8, 4) is 0 Å². The van der Waals surface area contributed by atoms with E-state index in [9.17, 15) is 9.90 Å². The third-order valence-corrected chi connectivity index (χ3v) is 6.10. The lowest BCUT2D eigenvalue weighted by atomic mass is 9.84. The fourth-order valence-electron chi connectivity index (χ4n) is 4.04. The molecule has 1 saturated carbocycles. The van der Waals surface area contributed by atoms with Crippen LogP contribution in [0.5, 0.6) is 0 Å². The third-order valence-electron chi connectivity index (χ3n) is 5.24. The smallest absolute Gasteiger partial charge is 0.320 e. The van der Waals surface area contributed by atoms with Crippen LogP contribution in [0, 0.1) is 12.8 Å². The van der Waals surface area contributed by atoms with Crippen molar-refractivity contribution < 1.29 is 9.90 Å². The summed E-state index contributed by atoms with van der Waals surface area (Å²) in [6, 6.07) is 6.35. The van der Waals surface area contributed by atoms with Crippen molar-refractivity contribution in [3.63, 3.8) is 0 Å². The molecule has 21 heavy (non-hydrogen) atoms. The van der Waals surface area contributed by atoms with Crippen molar-refractivity contribution in [1.29, 1.82) is 0 Å². The Kier molecular flexibility index (Phi) is 4.36. The van der Waals surface area contributed by atoms with Gasteiger partial charge in [0.1, 0.15) is 6.04 Å². The minimum atomic E-state index is -0.656. The van der Waals surface area contributed by atoms with E-state index in [0.29, 0.717) is 12.0 Å². The van der Waals surface area contributed by atoms with E-state index in [1.54, 1.807) is 0 Å². The van der Waals surface area contributed by atoms with Gasteiger partial charge in [-0.2, -0.15) is 0 Å². The van der Waals surface area contributed by atoms with Crippen molar-refractivity contribution in [2.45, 2.75) is 57.7 Å². The molecule has 1 aromatic carbocycles. The monoisotopic (exact) mass is 351 g/mol.